The van der Waals surface area contributed by atoms with Crippen LogP contribution in [0.5, 0.6) is 0 Å². The van der Waals surface area contributed by atoms with Crippen LogP contribution >= 0.6 is 11.6 Å². The molecule has 8 nitrogen and oxygen atoms in total. The maximum Gasteiger partial charge on any atom is 0.416 e. The predicted octanol–water partition coefficient (Wildman–Crippen LogP) is 4.70. The van der Waals surface area contributed by atoms with Gasteiger partial charge in [-0.2, -0.15) is 26.3 Å². The number of alkyl halides is 6. The first-order valence-electron chi connectivity index (χ1n) is 13.9. The van der Waals surface area contributed by atoms with E-state index in [1.54, 1.807) is 24.3 Å². The predicted molar refractivity (Wildman–Crippen MR) is 156 cm³/mol. The highest BCUT2D eigenvalue weighted by molar-refractivity contribution is 6.33. The standard InChI is InChI=1S/C25H22ClF6N5O.C4H10N2/c1-36(14-15-10-16(24(27,28)29)12-17(11-15)25(30,31)32)22(38)19-13-34-23(37-8-6-33-7-9-37)35-21(19)18-4-2-3-5-20(18)26;1-2-6-4-3-5-1/h2-5,10-13,33H,6-9,14H2,1H3;5-6H,1-4H2. The highest BCUT2D eigenvalue weighted by Crippen LogP contribution is 2.37. The number of hydrogen-bond donors (Lipinski definition) is 3. The van der Waals surface area contributed by atoms with E-state index >= 15 is 0 Å². The first kappa shape index (κ1) is 33.4. The molecule has 0 unspecified atom stereocenters. The molecule has 0 aliphatic carbocycles. The van der Waals surface area contributed by atoms with Gasteiger partial charge in [-0.25, -0.2) is 9.97 Å². The minimum atomic E-state index is -5.00. The Balaban J connectivity index is 0.000000657. The third kappa shape index (κ3) is 8.80. The summed E-state index contributed by atoms with van der Waals surface area (Å²) in [5, 5.41) is 9.97. The average Bonchev–Trinajstić information content (AvgIpc) is 3.01. The highest BCUT2D eigenvalue weighted by atomic mass is 35.5. The Bertz CT molecular complexity index is 1380. The van der Waals surface area contributed by atoms with E-state index in [2.05, 4.69) is 25.9 Å². The number of carbonyl (C=O) groups is 1. The fraction of sp³-hybridized carbons (Fsp3) is 0.414. The highest BCUT2D eigenvalue weighted by Gasteiger charge is 2.37. The molecule has 15 heteroatoms. The van der Waals surface area contributed by atoms with Gasteiger partial charge in [-0.1, -0.05) is 29.8 Å². The molecule has 44 heavy (non-hydrogen) atoms. The van der Waals surface area contributed by atoms with E-state index in [1.165, 1.54) is 13.2 Å². The van der Waals surface area contributed by atoms with E-state index in [4.69, 9.17) is 11.6 Å². The number of rotatable bonds is 5. The number of amides is 1. The molecule has 0 radical (unpaired) electrons. The summed E-state index contributed by atoms with van der Waals surface area (Å²) in [6.45, 7) is 6.72. The average molecular weight is 644 g/mol. The largest absolute Gasteiger partial charge is 0.416 e. The number of hydrogen-bond acceptors (Lipinski definition) is 7. The van der Waals surface area contributed by atoms with Crippen LogP contribution in [0, 0.1) is 0 Å². The minimum Gasteiger partial charge on any atom is -0.338 e. The van der Waals surface area contributed by atoms with Crippen LogP contribution in [0.15, 0.2) is 48.7 Å². The number of halogens is 7. The van der Waals surface area contributed by atoms with Gasteiger partial charge < -0.3 is 25.8 Å². The van der Waals surface area contributed by atoms with Crippen molar-refractivity contribution in [3.63, 3.8) is 0 Å². The van der Waals surface area contributed by atoms with Crippen molar-refractivity contribution in [1.82, 2.24) is 30.8 Å². The zero-order chi connectivity index (χ0) is 31.9. The van der Waals surface area contributed by atoms with Crippen LogP contribution < -0.4 is 20.9 Å². The molecule has 2 aromatic carbocycles. The van der Waals surface area contributed by atoms with Crippen LogP contribution in [-0.2, 0) is 18.9 Å². The lowest BCUT2D eigenvalue weighted by Crippen LogP contribution is -2.44. The molecular formula is C29H32ClF6N7O. The van der Waals surface area contributed by atoms with E-state index in [9.17, 15) is 31.1 Å². The summed E-state index contributed by atoms with van der Waals surface area (Å²) in [6, 6.07) is 7.91. The van der Waals surface area contributed by atoms with Gasteiger partial charge >= 0.3 is 12.4 Å². The number of anilines is 1. The van der Waals surface area contributed by atoms with Crippen LogP contribution in [0.25, 0.3) is 11.3 Å². The van der Waals surface area contributed by atoms with Crippen LogP contribution in [-0.4, -0.2) is 80.2 Å². The summed E-state index contributed by atoms with van der Waals surface area (Å²) in [6.07, 6.45) is -8.69. The molecular weight excluding hydrogens is 612 g/mol. The van der Waals surface area contributed by atoms with Crippen molar-refractivity contribution in [2.75, 3.05) is 64.3 Å². The van der Waals surface area contributed by atoms with Gasteiger partial charge in [0.1, 0.15) is 0 Å². The van der Waals surface area contributed by atoms with E-state index < -0.39 is 35.9 Å². The zero-order valence-electron chi connectivity index (χ0n) is 23.8. The first-order chi connectivity index (χ1) is 20.8. The van der Waals surface area contributed by atoms with Crippen LogP contribution in [0.1, 0.15) is 27.0 Å². The summed E-state index contributed by atoms with van der Waals surface area (Å²) in [4.78, 5) is 25.3. The molecule has 1 aromatic heterocycles. The maximum absolute atomic E-state index is 13.4. The molecule has 0 bridgehead atoms. The molecule has 5 rings (SSSR count). The molecule has 2 fully saturated rings. The van der Waals surface area contributed by atoms with Crippen molar-refractivity contribution in [3.05, 3.63) is 75.9 Å². The molecule has 1 amide bonds. The van der Waals surface area contributed by atoms with Gasteiger partial charge in [0.15, 0.2) is 0 Å². The van der Waals surface area contributed by atoms with E-state index in [0.717, 1.165) is 31.1 Å². The van der Waals surface area contributed by atoms with Crippen molar-refractivity contribution in [2.24, 2.45) is 0 Å². The number of benzene rings is 2. The number of nitrogens with one attached hydrogen (secondary N) is 3. The molecule has 3 N–H and O–H groups in total. The second-order valence-corrected chi connectivity index (χ2v) is 10.6. The normalized spacial score (nSPS) is 15.8. The van der Waals surface area contributed by atoms with E-state index in [1.807, 2.05) is 4.90 Å². The molecule has 3 heterocycles. The summed E-state index contributed by atoms with van der Waals surface area (Å²) in [5.41, 5.74) is -2.60. The third-order valence-corrected chi connectivity index (χ3v) is 7.24. The molecule has 2 saturated heterocycles. The summed E-state index contributed by atoms with van der Waals surface area (Å²) < 4.78 is 79.7. The van der Waals surface area contributed by atoms with E-state index in [0.29, 0.717) is 54.8 Å². The monoisotopic (exact) mass is 643 g/mol. The fourth-order valence-electron chi connectivity index (χ4n) is 4.67. The van der Waals surface area contributed by atoms with Gasteiger partial charge in [0.2, 0.25) is 5.95 Å². The van der Waals surface area contributed by atoms with Crippen molar-refractivity contribution in [1.29, 1.82) is 0 Å². The third-order valence-electron chi connectivity index (χ3n) is 6.91. The Morgan fingerprint density at radius 3 is 1.95 bits per heavy atom. The topological polar surface area (TPSA) is 85.4 Å². The Labute approximate surface area is 255 Å². The number of carbonyl (C=O) groups excluding carboxylic acids is 1. The Hall–Kier alpha value is -3.46. The fourth-order valence-corrected chi connectivity index (χ4v) is 4.90. The maximum atomic E-state index is 13.4. The second-order valence-electron chi connectivity index (χ2n) is 10.2. The zero-order valence-corrected chi connectivity index (χ0v) is 24.6. The lowest BCUT2D eigenvalue weighted by molar-refractivity contribution is -0.143. The smallest absolute Gasteiger partial charge is 0.338 e. The first-order valence-corrected chi connectivity index (χ1v) is 14.3. The molecule has 0 spiro atoms. The van der Waals surface area contributed by atoms with Crippen LogP contribution in [0.3, 0.4) is 0 Å². The van der Waals surface area contributed by atoms with Crippen molar-refractivity contribution < 1.29 is 31.1 Å². The number of nitrogens with zero attached hydrogens (tertiary/aromatic N) is 4. The lowest BCUT2D eigenvalue weighted by atomic mass is 10.0. The van der Waals surface area contributed by atoms with Crippen LogP contribution in [0.4, 0.5) is 32.3 Å². The second kappa shape index (κ2) is 14.5. The minimum absolute atomic E-state index is 0.00232. The Morgan fingerprint density at radius 1 is 0.886 bits per heavy atom. The number of aromatic nitrogens is 2. The van der Waals surface area contributed by atoms with Gasteiger partial charge in [-0.15, -0.1) is 0 Å². The van der Waals surface area contributed by atoms with Gasteiger partial charge in [-0.3, -0.25) is 4.79 Å². The quantitative estimate of drug-likeness (QED) is 0.348. The number of piperazine rings is 2. The Kier molecular flexibility index (Phi) is 11.1. The molecule has 0 saturated carbocycles. The summed E-state index contributed by atoms with van der Waals surface area (Å²) in [7, 11) is 1.27. The van der Waals surface area contributed by atoms with Crippen molar-refractivity contribution in [2.45, 2.75) is 18.9 Å². The summed E-state index contributed by atoms with van der Waals surface area (Å²) in [5.74, 6) is -0.328. The summed E-state index contributed by atoms with van der Waals surface area (Å²) >= 11 is 6.38. The van der Waals surface area contributed by atoms with Crippen molar-refractivity contribution in [3.8, 4) is 11.3 Å². The molecule has 2 aliphatic rings. The molecule has 2 aliphatic heterocycles. The van der Waals surface area contributed by atoms with Gasteiger partial charge in [0.25, 0.3) is 5.91 Å². The molecule has 3 aromatic rings. The molecule has 0 atom stereocenters. The lowest BCUT2D eigenvalue weighted by Gasteiger charge is -2.28. The molecule has 238 valence electrons. The van der Waals surface area contributed by atoms with Crippen molar-refractivity contribution >= 4 is 23.5 Å². The van der Waals surface area contributed by atoms with Gasteiger partial charge in [-0.05, 0) is 29.8 Å². The van der Waals surface area contributed by atoms with Crippen LogP contribution in [0.2, 0.25) is 5.02 Å². The van der Waals surface area contributed by atoms with E-state index in [-0.39, 0.29) is 22.9 Å². The van der Waals surface area contributed by atoms with Gasteiger partial charge in [0, 0.05) is 82.7 Å². The van der Waals surface area contributed by atoms with Gasteiger partial charge in [0.05, 0.1) is 22.4 Å². The SMILES string of the molecule is C1CNCCN1.CN(Cc1cc(C(F)(F)F)cc(C(F)(F)F)c1)C(=O)c1cnc(N2CCNCC2)nc1-c1ccccc1Cl. The Morgan fingerprint density at radius 2 is 1.43 bits per heavy atom.